The van der Waals surface area contributed by atoms with Crippen LogP contribution in [0.15, 0.2) is 0 Å². The van der Waals surface area contributed by atoms with E-state index >= 15 is 0 Å². The van der Waals surface area contributed by atoms with Gasteiger partial charge in [-0.25, -0.2) is 0 Å². The molecule has 0 aromatic carbocycles. The van der Waals surface area contributed by atoms with Gasteiger partial charge >= 0.3 is 0 Å². The predicted octanol–water partition coefficient (Wildman–Crippen LogP) is 4.39. The number of hydrogen-bond donors (Lipinski definition) is 1. The van der Waals surface area contributed by atoms with Crippen LogP contribution in [0.3, 0.4) is 0 Å². The molecule has 1 fully saturated rings. The second-order valence-electron chi connectivity index (χ2n) is 6.52. The molecule has 2 atom stereocenters. The van der Waals surface area contributed by atoms with Crippen LogP contribution in [0.5, 0.6) is 0 Å². The van der Waals surface area contributed by atoms with Gasteiger partial charge in [0.1, 0.15) is 0 Å². The Morgan fingerprint density at radius 2 is 1.89 bits per heavy atom. The molecule has 1 N–H and O–H groups in total. The van der Waals surface area contributed by atoms with E-state index in [9.17, 15) is 0 Å². The summed E-state index contributed by atoms with van der Waals surface area (Å²) in [6.07, 6.45) is 11.2. The zero-order valence-corrected chi connectivity index (χ0v) is 13.4. The first-order chi connectivity index (χ1) is 9.24. The molecule has 2 nitrogen and oxygen atoms in total. The zero-order chi connectivity index (χ0) is 13.9. The van der Waals surface area contributed by atoms with Crippen molar-refractivity contribution in [2.45, 2.75) is 78.2 Å². The van der Waals surface area contributed by atoms with E-state index in [0.29, 0.717) is 6.10 Å². The fraction of sp³-hybridized carbons (Fsp3) is 1.00. The van der Waals surface area contributed by atoms with Crippen molar-refractivity contribution in [1.82, 2.24) is 5.32 Å². The van der Waals surface area contributed by atoms with Crippen molar-refractivity contribution in [3.8, 4) is 0 Å². The Kier molecular flexibility index (Phi) is 9.54. The minimum atomic E-state index is 0.567. The fourth-order valence-electron chi connectivity index (χ4n) is 3.01. The molecule has 0 amide bonds. The van der Waals surface area contributed by atoms with Crippen molar-refractivity contribution in [3.05, 3.63) is 0 Å². The lowest BCUT2D eigenvalue weighted by molar-refractivity contribution is -0.0134. The molecule has 0 spiro atoms. The second-order valence-corrected chi connectivity index (χ2v) is 6.52. The second kappa shape index (κ2) is 10.7. The molecule has 114 valence electrons. The van der Waals surface area contributed by atoms with Crippen LogP contribution in [0.25, 0.3) is 0 Å². The van der Waals surface area contributed by atoms with E-state index in [0.717, 1.165) is 25.0 Å². The average molecular weight is 269 g/mol. The van der Waals surface area contributed by atoms with Gasteiger partial charge in [-0.3, -0.25) is 0 Å². The van der Waals surface area contributed by atoms with Crippen LogP contribution in [-0.2, 0) is 4.74 Å². The first kappa shape index (κ1) is 17.0. The minimum absolute atomic E-state index is 0.567. The summed E-state index contributed by atoms with van der Waals surface area (Å²) in [6.45, 7) is 10.1. The number of unbranched alkanes of at least 4 members (excludes halogenated alkanes) is 2. The van der Waals surface area contributed by atoms with Crippen molar-refractivity contribution >= 4 is 0 Å². The highest BCUT2D eigenvalue weighted by molar-refractivity contribution is 4.74. The summed E-state index contributed by atoms with van der Waals surface area (Å²) >= 11 is 0. The van der Waals surface area contributed by atoms with Gasteiger partial charge in [0.05, 0.1) is 6.10 Å². The first-order valence-electron chi connectivity index (χ1n) is 8.56. The highest BCUT2D eigenvalue weighted by Gasteiger charge is 2.23. The molecule has 1 aliphatic carbocycles. The summed E-state index contributed by atoms with van der Waals surface area (Å²) in [6, 6.07) is 0. The predicted molar refractivity (Wildman–Crippen MR) is 83.5 cm³/mol. The summed E-state index contributed by atoms with van der Waals surface area (Å²) in [5, 5.41) is 3.50. The average Bonchev–Trinajstić information content (AvgIpc) is 2.42. The van der Waals surface area contributed by atoms with Crippen molar-refractivity contribution in [3.63, 3.8) is 0 Å². The van der Waals surface area contributed by atoms with Crippen LogP contribution in [-0.4, -0.2) is 25.8 Å². The van der Waals surface area contributed by atoms with Gasteiger partial charge in [0.15, 0.2) is 0 Å². The van der Waals surface area contributed by atoms with E-state index in [1.807, 2.05) is 0 Å². The van der Waals surface area contributed by atoms with E-state index in [1.54, 1.807) is 0 Å². The van der Waals surface area contributed by atoms with Crippen LogP contribution in [0.2, 0.25) is 0 Å². The third kappa shape index (κ3) is 7.94. The van der Waals surface area contributed by atoms with E-state index < -0.39 is 0 Å². The van der Waals surface area contributed by atoms with E-state index in [-0.39, 0.29) is 0 Å². The van der Waals surface area contributed by atoms with Gasteiger partial charge in [0.2, 0.25) is 0 Å². The maximum atomic E-state index is 6.11. The molecular weight excluding hydrogens is 234 g/mol. The molecule has 0 radical (unpaired) electrons. The summed E-state index contributed by atoms with van der Waals surface area (Å²) in [5.74, 6) is 1.60. The van der Waals surface area contributed by atoms with Gasteiger partial charge < -0.3 is 10.1 Å². The maximum absolute atomic E-state index is 6.11. The van der Waals surface area contributed by atoms with E-state index in [2.05, 4.69) is 26.1 Å². The van der Waals surface area contributed by atoms with Gasteiger partial charge in [0, 0.05) is 6.61 Å². The number of hydrogen-bond acceptors (Lipinski definition) is 2. The lowest BCUT2D eigenvalue weighted by Gasteiger charge is -2.30. The van der Waals surface area contributed by atoms with Gasteiger partial charge in [-0.1, -0.05) is 40.0 Å². The van der Waals surface area contributed by atoms with Crippen molar-refractivity contribution in [2.75, 3.05) is 19.7 Å². The summed E-state index contributed by atoms with van der Waals surface area (Å²) in [7, 11) is 0. The summed E-state index contributed by atoms with van der Waals surface area (Å²) < 4.78 is 6.11. The van der Waals surface area contributed by atoms with E-state index in [4.69, 9.17) is 4.74 Å². The Labute approximate surface area is 120 Å². The molecule has 0 aromatic rings. The molecule has 1 saturated carbocycles. The van der Waals surface area contributed by atoms with Crippen LogP contribution in [0.4, 0.5) is 0 Å². The molecule has 0 heterocycles. The smallest absolute Gasteiger partial charge is 0.0603 e. The monoisotopic (exact) mass is 269 g/mol. The van der Waals surface area contributed by atoms with E-state index in [1.165, 1.54) is 57.9 Å². The van der Waals surface area contributed by atoms with Crippen molar-refractivity contribution in [2.24, 2.45) is 11.8 Å². The van der Waals surface area contributed by atoms with Gasteiger partial charge in [-0.05, 0) is 57.0 Å². The highest BCUT2D eigenvalue weighted by Crippen LogP contribution is 2.29. The van der Waals surface area contributed by atoms with Gasteiger partial charge in [0.25, 0.3) is 0 Å². The Bertz CT molecular complexity index is 205. The lowest BCUT2D eigenvalue weighted by Crippen LogP contribution is -2.27. The zero-order valence-electron chi connectivity index (χ0n) is 13.4. The van der Waals surface area contributed by atoms with Gasteiger partial charge in [-0.2, -0.15) is 0 Å². The number of rotatable bonds is 10. The summed E-state index contributed by atoms with van der Waals surface area (Å²) in [5.41, 5.74) is 0. The number of nitrogens with one attached hydrogen (secondary N) is 1. The molecular formula is C17H35NO. The maximum Gasteiger partial charge on any atom is 0.0603 e. The third-order valence-corrected chi connectivity index (χ3v) is 4.25. The molecule has 1 aliphatic rings. The molecule has 2 unspecified atom stereocenters. The van der Waals surface area contributed by atoms with Crippen LogP contribution >= 0.6 is 0 Å². The first-order valence-corrected chi connectivity index (χ1v) is 8.56. The molecule has 19 heavy (non-hydrogen) atoms. The molecule has 0 aliphatic heterocycles. The number of ether oxygens (including phenoxy) is 1. The van der Waals surface area contributed by atoms with Crippen molar-refractivity contribution in [1.29, 1.82) is 0 Å². The Hall–Kier alpha value is -0.0800. The van der Waals surface area contributed by atoms with Gasteiger partial charge in [-0.15, -0.1) is 0 Å². The van der Waals surface area contributed by atoms with Crippen LogP contribution in [0.1, 0.15) is 72.1 Å². The Morgan fingerprint density at radius 3 is 2.63 bits per heavy atom. The topological polar surface area (TPSA) is 21.3 Å². The highest BCUT2D eigenvalue weighted by atomic mass is 16.5. The minimum Gasteiger partial charge on any atom is -0.378 e. The Morgan fingerprint density at radius 1 is 1.11 bits per heavy atom. The largest absolute Gasteiger partial charge is 0.378 e. The molecule has 2 heteroatoms. The normalized spacial score (nSPS) is 24.0. The SMILES string of the molecule is CCC1CCCCC1OCCCCCNCC(C)C. The third-order valence-electron chi connectivity index (χ3n) is 4.25. The summed E-state index contributed by atoms with van der Waals surface area (Å²) in [4.78, 5) is 0. The van der Waals surface area contributed by atoms with Crippen molar-refractivity contribution < 1.29 is 4.74 Å². The Balaban J connectivity index is 1.92. The molecule has 0 aromatic heterocycles. The lowest BCUT2D eigenvalue weighted by atomic mass is 9.85. The molecule has 0 bridgehead atoms. The standard InChI is InChI=1S/C17H35NO/c1-4-16-10-6-7-11-17(16)19-13-9-5-8-12-18-14-15(2)3/h15-18H,4-14H2,1-3H3. The molecule has 1 rings (SSSR count). The van der Waals surface area contributed by atoms with Crippen LogP contribution in [0, 0.1) is 11.8 Å². The quantitative estimate of drug-likeness (QED) is 0.594. The fourth-order valence-corrected chi connectivity index (χ4v) is 3.01. The van der Waals surface area contributed by atoms with Crippen LogP contribution < -0.4 is 5.32 Å². The molecule has 0 saturated heterocycles.